The molecule has 1 saturated heterocycles. The molecule has 1 N–H and O–H groups in total. The third kappa shape index (κ3) is 6.23. The van der Waals surface area contributed by atoms with Crippen LogP contribution in [0, 0.1) is 0 Å². The second-order valence-corrected chi connectivity index (χ2v) is 5.03. The smallest absolute Gasteiger partial charge is 0.303 e. The lowest BCUT2D eigenvalue weighted by Gasteiger charge is -2.40. The van der Waals surface area contributed by atoms with Gasteiger partial charge in [0.25, 0.3) is 0 Å². The zero-order valence-corrected chi connectivity index (χ0v) is 13.4. The molecule has 0 saturated carbocycles. The Balaban J connectivity index is 3.11. The maximum atomic E-state index is 11.4. The Bertz CT molecular complexity index is 511. The maximum Gasteiger partial charge on any atom is 0.303 e. The summed E-state index contributed by atoms with van der Waals surface area (Å²) in [7, 11) is 0. The number of hydrogen-bond donors (Lipinski definition) is 1. The van der Waals surface area contributed by atoms with Crippen LogP contribution in [-0.4, -0.2) is 61.4 Å². The van der Waals surface area contributed by atoms with E-state index in [-0.39, 0.29) is 13.2 Å². The van der Waals surface area contributed by atoms with Gasteiger partial charge in [0.15, 0.2) is 18.3 Å². The number of nitrogens with one attached hydrogen (secondary N) is 1. The fourth-order valence-corrected chi connectivity index (χ4v) is 2.22. The van der Waals surface area contributed by atoms with Crippen molar-refractivity contribution in [3.05, 3.63) is 0 Å². The predicted molar refractivity (Wildman–Crippen MR) is 75.1 cm³/mol. The molecule has 0 aromatic heterocycles. The van der Waals surface area contributed by atoms with Gasteiger partial charge in [0.2, 0.25) is 0 Å². The Hall–Kier alpha value is -2.16. The Kier molecular flexibility index (Phi) is 6.33. The normalized spacial score (nSPS) is 28.3. The zero-order valence-electron chi connectivity index (χ0n) is 14.4. The minimum atomic E-state index is -1.14. The molecule has 0 aliphatic carbocycles. The number of hydrogen-bond acceptors (Lipinski definition) is 9. The first-order valence-electron chi connectivity index (χ1n) is 7.47. The van der Waals surface area contributed by atoms with Crippen LogP contribution in [0.4, 0.5) is 0 Å². The molecule has 1 fully saturated rings. The van der Waals surface area contributed by atoms with Crippen molar-refractivity contribution in [2.24, 2.45) is 0 Å². The molecule has 9 nitrogen and oxygen atoms in total. The number of carbonyl (C=O) groups excluding carboxylic acids is 4. The van der Waals surface area contributed by atoms with Crippen LogP contribution in [0.1, 0.15) is 27.7 Å². The Morgan fingerprint density at radius 2 is 1.43 bits per heavy atom. The van der Waals surface area contributed by atoms with E-state index in [1.807, 2.05) is 0 Å². The fourth-order valence-electron chi connectivity index (χ4n) is 2.22. The van der Waals surface area contributed by atoms with Crippen molar-refractivity contribution < 1.29 is 39.5 Å². The summed E-state index contributed by atoms with van der Waals surface area (Å²) in [6.45, 7) is 4.32. The van der Waals surface area contributed by atoms with Crippen LogP contribution in [0.5, 0.6) is 0 Å². The zero-order chi connectivity index (χ0) is 18.4. The number of ether oxygens (including phenoxy) is 4. The molecular formula is C14H21NO8. The van der Waals surface area contributed by atoms with Gasteiger partial charge in [0, 0.05) is 34.2 Å². The van der Waals surface area contributed by atoms with E-state index in [0.29, 0.717) is 0 Å². The minimum Gasteiger partial charge on any atom is -0.464 e. The molecule has 0 aromatic rings. The highest BCUT2D eigenvalue weighted by atomic mass is 16.6. The highest BCUT2D eigenvalue weighted by Crippen LogP contribution is 2.21. The van der Waals surface area contributed by atoms with Crippen LogP contribution in [0.25, 0.3) is 0 Å². The summed E-state index contributed by atoms with van der Waals surface area (Å²) in [4.78, 5) is 45.1. The molecule has 9 heteroatoms. The first-order valence-corrected chi connectivity index (χ1v) is 7.02. The van der Waals surface area contributed by atoms with Gasteiger partial charge in [-0.3, -0.25) is 19.2 Å². The topological polar surface area (TPSA) is 117 Å². The quantitative estimate of drug-likeness (QED) is 0.516. The van der Waals surface area contributed by atoms with Gasteiger partial charge in [-0.2, -0.15) is 0 Å². The van der Waals surface area contributed by atoms with E-state index in [2.05, 4.69) is 0 Å². The van der Waals surface area contributed by atoms with Crippen molar-refractivity contribution in [1.29, 1.82) is 0 Å². The van der Waals surface area contributed by atoms with E-state index < -0.39 is 48.2 Å². The maximum absolute atomic E-state index is 11.4. The number of carbonyl (C=O) groups is 4. The van der Waals surface area contributed by atoms with E-state index in [1.165, 1.54) is 13.8 Å². The Labute approximate surface area is 135 Å². The summed E-state index contributed by atoms with van der Waals surface area (Å²) >= 11 is 0. The lowest BCUT2D eigenvalue weighted by molar-refractivity contribution is -0.193. The molecule has 0 bridgehead atoms. The first-order chi connectivity index (χ1) is 11.1. The molecule has 4 atom stereocenters. The van der Waals surface area contributed by atoms with Crippen molar-refractivity contribution in [3.63, 3.8) is 0 Å². The second-order valence-electron chi connectivity index (χ2n) is 5.03. The molecule has 23 heavy (non-hydrogen) atoms. The molecule has 0 spiro atoms. The van der Waals surface area contributed by atoms with Gasteiger partial charge < -0.3 is 24.3 Å². The van der Waals surface area contributed by atoms with Gasteiger partial charge >= 0.3 is 23.9 Å². The summed E-state index contributed by atoms with van der Waals surface area (Å²) in [5, 5.41) is 0.976. The van der Waals surface area contributed by atoms with Gasteiger partial charge in [0.05, 0.1) is 6.04 Å². The first kappa shape index (κ1) is 17.2. The average Bonchev–Trinajstić information content (AvgIpc) is 2.40. The summed E-state index contributed by atoms with van der Waals surface area (Å²) in [6.07, 6.45) is -3.25. The lowest BCUT2D eigenvalue weighted by atomic mass is 9.95. The standard InChI is InChI=1S/C14H21NO8/c1-7(16)20-6-11-13(22-9(3)18)14(23-10(4)19)12(5-15-11)21-8(2)17/h11-15H,5-6H2,1-4H3/t11-,12+,13-,14-/m1/s1/i/hD. The number of piperidine rings is 1. The van der Waals surface area contributed by atoms with E-state index >= 15 is 0 Å². The van der Waals surface area contributed by atoms with Gasteiger partial charge in [-0.15, -0.1) is 0 Å². The molecular weight excluding hydrogens is 310 g/mol. The van der Waals surface area contributed by atoms with Crippen molar-refractivity contribution in [2.75, 3.05) is 13.2 Å². The highest BCUT2D eigenvalue weighted by Gasteiger charge is 2.46. The average molecular weight is 332 g/mol. The minimum absolute atomic E-state index is 0.110. The summed E-state index contributed by atoms with van der Waals surface area (Å²) in [6, 6.07) is -0.881. The summed E-state index contributed by atoms with van der Waals surface area (Å²) in [5.74, 6) is -2.55. The molecule has 1 heterocycles. The molecule has 1 aliphatic heterocycles. The highest BCUT2D eigenvalue weighted by molar-refractivity contribution is 5.68. The van der Waals surface area contributed by atoms with Crippen LogP contribution in [0.15, 0.2) is 0 Å². The Morgan fingerprint density at radius 1 is 0.913 bits per heavy atom. The molecule has 0 radical (unpaired) electrons. The van der Waals surface area contributed by atoms with Gasteiger partial charge in [-0.05, 0) is 0 Å². The summed E-state index contributed by atoms with van der Waals surface area (Å²) < 4.78 is 28.3. The summed E-state index contributed by atoms with van der Waals surface area (Å²) in [5.41, 5.74) is 0. The molecule has 0 aromatic carbocycles. The molecule has 130 valence electrons. The third-order valence-corrected chi connectivity index (χ3v) is 2.97. The van der Waals surface area contributed by atoms with Crippen molar-refractivity contribution in [2.45, 2.75) is 52.0 Å². The number of esters is 4. The van der Waals surface area contributed by atoms with Gasteiger partial charge in [-0.25, -0.2) is 0 Å². The molecule has 1 rings (SSSR count). The van der Waals surface area contributed by atoms with Crippen LogP contribution in [0.2, 0.25) is 1.41 Å². The van der Waals surface area contributed by atoms with Crippen LogP contribution >= 0.6 is 0 Å². The predicted octanol–water partition coefficient (Wildman–Crippen LogP) is -0.684. The van der Waals surface area contributed by atoms with E-state index in [9.17, 15) is 19.2 Å². The van der Waals surface area contributed by atoms with Crippen molar-refractivity contribution >= 4 is 23.9 Å². The van der Waals surface area contributed by atoms with Crippen LogP contribution < -0.4 is 5.31 Å². The van der Waals surface area contributed by atoms with E-state index in [4.69, 9.17) is 20.4 Å². The van der Waals surface area contributed by atoms with Crippen molar-refractivity contribution in [3.8, 4) is 0 Å². The second kappa shape index (κ2) is 8.47. The fraction of sp³-hybridized carbons (Fsp3) is 0.714. The SMILES string of the molecule is [2H]N1C[C@H](OC(C)=O)[C@@H](OC(C)=O)[C@H](OC(C)=O)[C@H]1COC(C)=O. The molecule has 1 aliphatic rings. The van der Waals surface area contributed by atoms with Crippen molar-refractivity contribution in [1.82, 2.24) is 5.31 Å². The van der Waals surface area contributed by atoms with Crippen LogP contribution in [0.3, 0.4) is 0 Å². The molecule has 0 unspecified atom stereocenters. The van der Waals surface area contributed by atoms with Gasteiger partial charge in [-0.1, -0.05) is 0 Å². The van der Waals surface area contributed by atoms with E-state index in [0.717, 1.165) is 19.2 Å². The monoisotopic (exact) mass is 332 g/mol. The third-order valence-electron chi connectivity index (χ3n) is 2.97. The molecule has 0 amide bonds. The van der Waals surface area contributed by atoms with Gasteiger partial charge in [0.1, 0.15) is 8.02 Å². The lowest BCUT2D eigenvalue weighted by Crippen LogP contribution is -2.64. The van der Waals surface area contributed by atoms with E-state index in [1.54, 1.807) is 0 Å². The largest absolute Gasteiger partial charge is 0.464 e. The Morgan fingerprint density at radius 3 is 1.91 bits per heavy atom. The number of rotatable bonds is 5. The van der Waals surface area contributed by atoms with Crippen LogP contribution in [-0.2, 0) is 38.1 Å².